The summed E-state index contributed by atoms with van der Waals surface area (Å²) in [4.78, 5) is 25.2. The van der Waals surface area contributed by atoms with Crippen LogP contribution in [0.3, 0.4) is 0 Å². The molecule has 25 heavy (non-hydrogen) atoms. The SMILES string of the molecule is COc1cc(NC(=O)c2cc3ccccc3c3cccnc23)ncn1. The standard InChI is InChI=1S/C19H14N4O2/c1-25-17-10-16(21-11-22-17)23-19(24)15-9-12-5-2-3-6-13(12)14-7-4-8-20-18(14)15/h2-11H,1H3,(H,21,22,23,24). The highest BCUT2D eigenvalue weighted by Gasteiger charge is 2.15. The molecule has 0 saturated carbocycles. The lowest BCUT2D eigenvalue weighted by molar-refractivity contribution is 0.102. The zero-order chi connectivity index (χ0) is 17.2. The average molecular weight is 330 g/mol. The molecule has 1 amide bonds. The lowest BCUT2D eigenvalue weighted by Gasteiger charge is -2.10. The topological polar surface area (TPSA) is 77.0 Å². The van der Waals surface area contributed by atoms with Gasteiger partial charge < -0.3 is 10.1 Å². The van der Waals surface area contributed by atoms with Crippen molar-refractivity contribution in [3.8, 4) is 5.88 Å². The minimum absolute atomic E-state index is 0.282. The van der Waals surface area contributed by atoms with E-state index >= 15 is 0 Å². The molecular formula is C19H14N4O2. The highest BCUT2D eigenvalue weighted by Crippen LogP contribution is 2.27. The molecule has 0 aliphatic carbocycles. The van der Waals surface area contributed by atoms with Crippen LogP contribution in [-0.2, 0) is 0 Å². The highest BCUT2D eigenvalue weighted by molar-refractivity contribution is 6.18. The van der Waals surface area contributed by atoms with E-state index in [0.29, 0.717) is 22.8 Å². The fourth-order valence-corrected chi connectivity index (χ4v) is 2.81. The quantitative estimate of drug-likeness (QED) is 0.582. The van der Waals surface area contributed by atoms with Gasteiger partial charge in [0.1, 0.15) is 12.1 Å². The third kappa shape index (κ3) is 2.74. The van der Waals surface area contributed by atoms with E-state index in [1.54, 1.807) is 12.3 Å². The molecule has 122 valence electrons. The second-order valence-corrected chi connectivity index (χ2v) is 5.44. The minimum atomic E-state index is -0.282. The van der Waals surface area contributed by atoms with Crippen molar-refractivity contribution < 1.29 is 9.53 Å². The Bertz CT molecular complexity index is 1090. The van der Waals surface area contributed by atoms with Gasteiger partial charge in [-0.2, -0.15) is 0 Å². The Kier molecular flexibility index (Phi) is 3.70. The second-order valence-electron chi connectivity index (χ2n) is 5.44. The van der Waals surface area contributed by atoms with E-state index in [1.165, 1.54) is 13.4 Å². The molecule has 2 aromatic carbocycles. The minimum Gasteiger partial charge on any atom is -0.481 e. The van der Waals surface area contributed by atoms with Gasteiger partial charge in [0.15, 0.2) is 0 Å². The predicted molar refractivity (Wildman–Crippen MR) is 95.8 cm³/mol. The second kappa shape index (κ2) is 6.16. The van der Waals surface area contributed by atoms with Crippen LogP contribution in [0.5, 0.6) is 5.88 Å². The predicted octanol–water partition coefficient (Wildman–Crippen LogP) is 3.44. The third-order valence-electron chi connectivity index (χ3n) is 3.95. The molecule has 6 heteroatoms. The number of anilines is 1. The molecule has 0 radical (unpaired) electrons. The van der Waals surface area contributed by atoms with Crippen LogP contribution in [0.2, 0.25) is 0 Å². The first-order valence-corrected chi connectivity index (χ1v) is 7.70. The summed E-state index contributed by atoms with van der Waals surface area (Å²) in [5.41, 5.74) is 1.15. The molecule has 0 saturated heterocycles. The number of hydrogen-bond acceptors (Lipinski definition) is 5. The van der Waals surface area contributed by atoms with E-state index in [4.69, 9.17) is 4.74 Å². The van der Waals surface area contributed by atoms with Crippen molar-refractivity contribution in [2.45, 2.75) is 0 Å². The Labute approximate surface area is 143 Å². The van der Waals surface area contributed by atoms with Gasteiger partial charge in [-0.05, 0) is 22.9 Å². The Morgan fingerprint density at radius 2 is 1.84 bits per heavy atom. The maximum absolute atomic E-state index is 12.8. The average Bonchev–Trinajstić information content (AvgIpc) is 2.67. The number of carbonyl (C=O) groups is 1. The number of fused-ring (bicyclic) bond motifs is 3. The van der Waals surface area contributed by atoms with Crippen molar-refractivity contribution in [1.29, 1.82) is 0 Å². The van der Waals surface area contributed by atoms with Crippen molar-refractivity contribution in [3.63, 3.8) is 0 Å². The number of pyridine rings is 1. The van der Waals surface area contributed by atoms with Gasteiger partial charge in [0.2, 0.25) is 5.88 Å². The molecule has 1 N–H and O–H groups in total. The number of nitrogens with one attached hydrogen (secondary N) is 1. The maximum Gasteiger partial charge on any atom is 0.259 e. The van der Waals surface area contributed by atoms with Crippen LogP contribution < -0.4 is 10.1 Å². The fraction of sp³-hybridized carbons (Fsp3) is 0.0526. The van der Waals surface area contributed by atoms with Gasteiger partial charge in [-0.3, -0.25) is 9.78 Å². The van der Waals surface area contributed by atoms with Crippen molar-refractivity contribution >= 4 is 33.4 Å². The molecule has 0 aliphatic rings. The van der Waals surface area contributed by atoms with Crippen molar-refractivity contribution in [3.05, 3.63) is 66.6 Å². The summed E-state index contributed by atoms with van der Waals surface area (Å²) >= 11 is 0. The van der Waals surface area contributed by atoms with E-state index in [0.717, 1.165) is 16.2 Å². The van der Waals surface area contributed by atoms with Gasteiger partial charge in [-0.1, -0.05) is 30.3 Å². The number of benzene rings is 2. The van der Waals surface area contributed by atoms with Crippen LogP contribution in [0, 0.1) is 0 Å². The van der Waals surface area contributed by atoms with Crippen molar-refractivity contribution in [2.75, 3.05) is 12.4 Å². The van der Waals surface area contributed by atoms with Crippen LogP contribution in [0.1, 0.15) is 10.4 Å². The largest absolute Gasteiger partial charge is 0.481 e. The molecule has 4 aromatic rings. The van der Waals surface area contributed by atoms with Crippen LogP contribution in [0.15, 0.2) is 61.1 Å². The number of aromatic nitrogens is 3. The molecule has 0 aliphatic heterocycles. The molecule has 2 heterocycles. The number of amides is 1. The molecule has 2 aromatic heterocycles. The molecule has 0 unspecified atom stereocenters. The van der Waals surface area contributed by atoms with Crippen molar-refractivity contribution in [1.82, 2.24) is 15.0 Å². The first kappa shape index (κ1) is 15.0. The Hall–Kier alpha value is -3.54. The van der Waals surface area contributed by atoms with Crippen LogP contribution >= 0.6 is 0 Å². The summed E-state index contributed by atoms with van der Waals surface area (Å²) in [6.45, 7) is 0. The smallest absolute Gasteiger partial charge is 0.259 e. The fourth-order valence-electron chi connectivity index (χ4n) is 2.81. The van der Waals surface area contributed by atoms with E-state index in [9.17, 15) is 4.79 Å². The van der Waals surface area contributed by atoms with Gasteiger partial charge in [0, 0.05) is 17.6 Å². The number of carbonyl (C=O) groups excluding carboxylic acids is 1. The zero-order valence-electron chi connectivity index (χ0n) is 13.4. The van der Waals surface area contributed by atoms with E-state index in [2.05, 4.69) is 20.3 Å². The summed E-state index contributed by atoms with van der Waals surface area (Å²) in [7, 11) is 1.51. The van der Waals surface area contributed by atoms with Gasteiger partial charge in [0.05, 0.1) is 18.2 Å². The van der Waals surface area contributed by atoms with Gasteiger partial charge in [-0.25, -0.2) is 9.97 Å². The summed E-state index contributed by atoms with van der Waals surface area (Å²) in [5.74, 6) is 0.469. The normalized spacial score (nSPS) is 10.8. The number of hydrogen-bond donors (Lipinski definition) is 1. The van der Waals surface area contributed by atoms with Crippen LogP contribution in [0.4, 0.5) is 5.82 Å². The number of rotatable bonds is 3. The molecule has 6 nitrogen and oxygen atoms in total. The third-order valence-corrected chi connectivity index (χ3v) is 3.95. The van der Waals surface area contributed by atoms with E-state index in [-0.39, 0.29) is 5.91 Å². The highest BCUT2D eigenvalue weighted by atomic mass is 16.5. The molecule has 4 rings (SSSR count). The Morgan fingerprint density at radius 1 is 1.00 bits per heavy atom. The summed E-state index contributed by atoms with van der Waals surface area (Å²) in [6.07, 6.45) is 3.02. The Balaban J connectivity index is 1.83. The number of methoxy groups -OCH3 is 1. The zero-order valence-corrected chi connectivity index (χ0v) is 13.4. The number of nitrogens with zero attached hydrogens (tertiary/aromatic N) is 3. The number of ether oxygens (including phenoxy) is 1. The molecule has 0 fully saturated rings. The van der Waals surface area contributed by atoms with Crippen LogP contribution in [-0.4, -0.2) is 28.0 Å². The summed E-state index contributed by atoms with van der Waals surface area (Å²) in [5, 5.41) is 5.76. The van der Waals surface area contributed by atoms with Gasteiger partial charge in [-0.15, -0.1) is 0 Å². The van der Waals surface area contributed by atoms with Crippen LogP contribution in [0.25, 0.3) is 21.7 Å². The molecule has 0 bridgehead atoms. The maximum atomic E-state index is 12.8. The summed E-state index contributed by atoms with van der Waals surface area (Å²) in [6, 6.07) is 15.2. The Morgan fingerprint density at radius 3 is 2.72 bits per heavy atom. The lowest BCUT2D eigenvalue weighted by Crippen LogP contribution is -2.14. The van der Waals surface area contributed by atoms with Crippen molar-refractivity contribution in [2.24, 2.45) is 0 Å². The first-order chi connectivity index (χ1) is 12.3. The lowest BCUT2D eigenvalue weighted by atomic mass is 10.0. The first-order valence-electron chi connectivity index (χ1n) is 7.70. The van der Waals surface area contributed by atoms with E-state index < -0.39 is 0 Å². The monoisotopic (exact) mass is 330 g/mol. The van der Waals surface area contributed by atoms with Gasteiger partial charge >= 0.3 is 0 Å². The van der Waals surface area contributed by atoms with Gasteiger partial charge in [0.25, 0.3) is 5.91 Å². The summed E-state index contributed by atoms with van der Waals surface area (Å²) < 4.78 is 5.06. The van der Waals surface area contributed by atoms with E-state index in [1.807, 2.05) is 42.5 Å². The molecule has 0 atom stereocenters. The molecule has 0 spiro atoms. The molecular weight excluding hydrogens is 316 g/mol.